The van der Waals surface area contributed by atoms with Gasteiger partial charge in [0.1, 0.15) is 11.6 Å². The molecule has 1 aliphatic heterocycles. The van der Waals surface area contributed by atoms with E-state index in [4.69, 9.17) is 16.7 Å². The number of carbonyl (C=O) groups excluding carboxylic acids is 1. The summed E-state index contributed by atoms with van der Waals surface area (Å²) in [6, 6.07) is 1.66. The zero-order valence-electron chi connectivity index (χ0n) is 10.9. The highest BCUT2D eigenvalue weighted by Crippen LogP contribution is 2.24. The number of hydrogen-bond donors (Lipinski definition) is 1. The maximum absolute atomic E-state index is 13.7. The van der Waals surface area contributed by atoms with Gasteiger partial charge in [0.2, 0.25) is 0 Å². The number of amides is 1. The number of likely N-dealkylation sites (tertiary alicyclic amines) is 1. The first-order valence-electron chi connectivity index (χ1n) is 6.57. The van der Waals surface area contributed by atoms with E-state index in [1.165, 1.54) is 4.90 Å². The fraction of sp³-hybridized carbons (Fsp3) is 0.500. The second-order valence-corrected chi connectivity index (χ2v) is 5.43. The molecule has 1 aromatic carbocycles. The number of halogens is 3. The summed E-state index contributed by atoms with van der Waals surface area (Å²) in [4.78, 5) is 13.8. The van der Waals surface area contributed by atoms with Crippen molar-refractivity contribution in [2.45, 2.75) is 19.3 Å². The predicted octanol–water partition coefficient (Wildman–Crippen LogP) is 2.85. The van der Waals surface area contributed by atoms with E-state index in [-0.39, 0.29) is 23.1 Å². The lowest BCUT2D eigenvalue weighted by Gasteiger charge is -2.32. The Balaban J connectivity index is 2.16. The fourth-order valence-electron chi connectivity index (χ4n) is 2.52. The SMILES string of the molecule is O=C(c1cc(F)c(Cl)cc1F)N1CCCC(CCO)C1. The van der Waals surface area contributed by atoms with Crippen LogP contribution in [-0.4, -0.2) is 35.6 Å². The molecule has 0 bridgehead atoms. The van der Waals surface area contributed by atoms with Crippen molar-refractivity contribution in [3.8, 4) is 0 Å². The molecule has 1 amide bonds. The lowest BCUT2D eigenvalue weighted by atomic mass is 9.94. The van der Waals surface area contributed by atoms with Crippen LogP contribution in [0.15, 0.2) is 12.1 Å². The van der Waals surface area contributed by atoms with Gasteiger partial charge >= 0.3 is 0 Å². The number of nitrogens with zero attached hydrogens (tertiary/aromatic N) is 1. The van der Waals surface area contributed by atoms with E-state index in [0.717, 1.165) is 25.0 Å². The average molecular weight is 304 g/mol. The smallest absolute Gasteiger partial charge is 0.256 e. The van der Waals surface area contributed by atoms with Gasteiger partial charge in [-0.3, -0.25) is 4.79 Å². The van der Waals surface area contributed by atoms with Crippen LogP contribution in [0.2, 0.25) is 5.02 Å². The van der Waals surface area contributed by atoms with Crippen LogP contribution in [0.5, 0.6) is 0 Å². The number of rotatable bonds is 3. The zero-order chi connectivity index (χ0) is 14.7. The van der Waals surface area contributed by atoms with Crippen molar-refractivity contribution in [2.75, 3.05) is 19.7 Å². The molecular formula is C14H16ClF2NO2. The number of benzene rings is 1. The van der Waals surface area contributed by atoms with Crippen LogP contribution in [0, 0.1) is 17.6 Å². The lowest BCUT2D eigenvalue weighted by molar-refractivity contribution is 0.0648. The monoisotopic (exact) mass is 303 g/mol. The van der Waals surface area contributed by atoms with Gasteiger partial charge in [-0.2, -0.15) is 0 Å². The molecule has 1 fully saturated rings. The molecule has 1 saturated heterocycles. The molecule has 3 nitrogen and oxygen atoms in total. The van der Waals surface area contributed by atoms with Gasteiger partial charge in [-0.25, -0.2) is 8.78 Å². The average Bonchev–Trinajstić information content (AvgIpc) is 2.43. The Bertz CT molecular complexity index is 508. The Labute approximate surface area is 121 Å². The molecule has 1 aromatic rings. The van der Waals surface area contributed by atoms with E-state index in [1.54, 1.807) is 0 Å². The quantitative estimate of drug-likeness (QED) is 0.872. The molecule has 0 radical (unpaired) electrons. The summed E-state index contributed by atoms with van der Waals surface area (Å²) in [6.07, 6.45) is 2.34. The number of aliphatic hydroxyl groups is 1. The Morgan fingerprint density at radius 1 is 1.40 bits per heavy atom. The zero-order valence-corrected chi connectivity index (χ0v) is 11.7. The van der Waals surface area contributed by atoms with Crippen molar-refractivity contribution < 1.29 is 18.7 Å². The Kier molecular flexibility index (Phi) is 4.94. The summed E-state index contributed by atoms with van der Waals surface area (Å²) in [5, 5.41) is 8.61. The third-order valence-corrected chi connectivity index (χ3v) is 3.87. The summed E-state index contributed by atoms with van der Waals surface area (Å²) in [6.45, 7) is 1.05. The molecule has 2 rings (SSSR count). The first-order chi connectivity index (χ1) is 9.52. The van der Waals surface area contributed by atoms with E-state index in [9.17, 15) is 13.6 Å². The van der Waals surface area contributed by atoms with Crippen molar-refractivity contribution in [2.24, 2.45) is 5.92 Å². The highest BCUT2D eigenvalue weighted by Gasteiger charge is 2.26. The molecule has 6 heteroatoms. The van der Waals surface area contributed by atoms with Crippen molar-refractivity contribution in [3.63, 3.8) is 0 Å². The van der Waals surface area contributed by atoms with E-state index in [0.29, 0.717) is 19.5 Å². The molecule has 0 aliphatic carbocycles. The molecule has 1 atom stereocenters. The van der Waals surface area contributed by atoms with Crippen LogP contribution in [0.3, 0.4) is 0 Å². The molecule has 1 unspecified atom stereocenters. The third-order valence-electron chi connectivity index (χ3n) is 3.58. The van der Waals surface area contributed by atoms with E-state index < -0.39 is 17.5 Å². The van der Waals surface area contributed by atoms with Crippen LogP contribution in [0.1, 0.15) is 29.6 Å². The summed E-state index contributed by atoms with van der Waals surface area (Å²) in [5.74, 6) is -1.94. The number of piperidine rings is 1. The lowest BCUT2D eigenvalue weighted by Crippen LogP contribution is -2.40. The Hall–Kier alpha value is -1.20. The Morgan fingerprint density at radius 3 is 2.85 bits per heavy atom. The van der Waals surface area contributed by atoms with Gasteiger partial charge in [-0.1, -0.05) is 11.6 Å². The molecule has 0 spiro atoms. The summed E-state index contributed by atoms with van der Waals surface area (Å²) >= 11 is 5.47. The maximum atomic E-state index is 13.7. The van der Waals surface area contributed by atoms with Crippen LogP contribution in [0.25, 0.3) is 0 Å². The van der Waals surface area contributed by atoms with Crippen LogP contribution >= 0.6 is 11.6 Å². The molecule has 1 aliphatic rings. The van der Waals surface area contributed by atoms with Crippen molar-refractivity contribution in [1.29, 1.82) is 0 Å². The van der Waals surface area contributed by atoms with Gasteiger partial charge in [0.25, 0.3) is 5.91 Å². The second kappa shape index (κ2) is 6.50. The van der Waals surface area contributed by atoms with Crippen molar-refractivity contribution in [1.82, 2.24) is 4.90 Å². The number of hydrogen-bond acceptors (Lipinski definition) is 2. The third kappa shape index (κ3) is 3.27. The number of carbonyl (C=O) groups is 1. The predicted molar refractivity (Wildman–Crippen MR) is 71.7 cm³/mol. The van der Waals surface area contributed by atoms with Crippen LogP contribution in [-0.2, 0) is 0 Å². The largest absolute Gasteiger partial charge is 0.396 e. The molecular weight excluding hydrogens is 288 g/mol. The normalized spacial score (nSPS) is 19.2. The minimum Gasteiger partial charge on any atom is -0.396 e. The second-order valence-electron chi connectivity index (χ2n) is 5.02. The first-order valence-corrected chi connectivity index (χ1v) is 6.95. The summed E-state index contributed by atoms with van der Waals surface area (Å²) in [5.41, 5.74) is -0.295. The van der Waals surface area contributed by atoms with Gasteiger partial charge in [0.15, 0.2) is 0 Å². The van der Waals surface area contributed by atoms with E-state index in [1.807, 2.05) is 0 Å². The summed E-state index contributed by atoms with van der Waals surface area (Å²) < 4.78 is 27.1. The topological polar surface area (TPSA) is 40.5 Å². The minimum absolute atomic E-state index is 0.0661. The molecule has 1 N–H and O–H groups in total. The van der Waals surface area contributed by atoms with Crippen LogP contribution < -0.4 is 0 Å². The molecule has 20 heavy (non-hydrogen) atoms. The first kappa shape index (κ1) is 15.2. The van der Waals surface area contributed by atoms with Gasteiger partial charge in [-0.05, 0) is 37.3 Å². The highest BCUT2D eigenvalue weighted by molar-refractivity contribution is 6.30. The molecule has 1 heterocycles. The van der Waals surface area contributed by atoms with E-state index in [2.05, 4.69) is 0 Å². The Morgan fingerprint density at radius 2 is 2.15 bits per heavy atom. The number of aliphatic hydroxyl groups excluding tert-OH is 1. The summed E-state index contributed by atoms with van der Waals surface area (Å²) in [7, 11) is 0. The van der Waals surface area contributed by atoms with Gasteiger partial charge < -0.3 is 10.0 Å². The van der Waals surface area contributed by atoms with Gasteiger partial charge in [0.05, 0.1) is 10.6 Å². The van der Waals surface area contributed by atoms with E-state index >= 15 is 0 Å². The highest BCUT2D eigenvalue weighted by atomic mass is 35.5. The molecule has 0 saturated carbocycles. The minimum atomic E-state index is -0.814. The molecule has 110 valence electrons. The fourth-order valence-corrected chi connectivity index (χ4v) is 2.67. The van der Waals surface area contributed by atoms with Crippen molar-refractivity contribution in [3.05, 3.63) is 34.4 Å². The van der Waals surface area contributed by atoms with Gasteiger partial charge in [-0.15, -0.1) is 0 Å². The van der Waals surface area contributed by atoms with Crippen LogP contribution in [0.4, 0.5) is 8.78 Å². The standard InChI is InChI=1S/C14H16ClF2NO2/c15-11-7-12(16)10(6-13(11)17)14(20)18-4-1-2-9(8-18)3-5-19/h6-7,9,19H,1-5,8H2. The maximum Gasteiger partial charge on any atom is 0.256 e. The van der Waals surface area contributed by atoms with Gasteiger partial charge in [0, 0.05) is 19.7 Å². The molecule has 0 aromatic heterocycles. The van der Waals surface area contributed by atoms with Crippen molar-refractivity contribution >= 4 is 17.5 Å².